The fraction of sp³-hybridized carbons (Fsp3) is 0.250. The molecular weight excluding hydrogens is 295 g/mol. The summed E-state index contributed by atoms with van der Waals surface area (Å²) in [6.45, 7) is 0. The average Bonchev–Trinajstić information content (AvgIpc) is 2.08. The molecule has 0 amide bonds. The van der Waals surface area contributed by atoms with E-state index in [1.54, 1.807) is 0 Å². The monoisotopic (exact) mass is 299 g/mol. The molecule has 0 spiro atoms. The second kappa shape index (κ2) is 4.85. The summed E-state index contributed by atoms with van der Waals surface area (Å²) < 4.78 is 24.9. The van der Waals surface area contributed by atoms with Crippen LogP contribution in [0.5, 0.6) is 0 Å². The third-order valence-corrected chi connectivity index (χ3v) is 2.52. The molecule has 1 N–H and O–H groups in total. The first kappa shape index (κ1) is 12.3. The number of aliphatic carboxylic acids is 1. The maximum Gasteiger partial charge on any atom is 0.309 e. The maximum atomic E-state index is 12.4. The minimum atomic E-state index is -2.77. The lowest BCUT2D eigenvalue weighted by atomic mass is 10.2. The number of hydrogen-bond acceptors (Lipinski definition) is 2. The van der Waals surface area contributed by atoms with E-state index in [4.69, 9.17) is 16.7 Å². The number of rotatable bonds is 3. The van der Waals surface area contributed by atoms with Crippen LogP contribution in [-0.2, 0) is 11.2 Å². The summed E-state index contributed by atoms with van der Waals surface area (Å²) in [6.07, 6.45) is -3.25. The molecule has 0 aromatic carbocycles. The molecule has 0 saturated carbocycles. The quantitative estimate of drug-likeness (QED) is 0.933. The van der Waals surface area contributed by atoms with Gasteiger partial charge in [0.2, 0.25) is 0 Å². The van der Waals surface area contributed by atoms with Crippen LogP contribution in [0.25, 0.3) is 0 Å². The highest BCUT2D eigenvalue weighted by atomic mass is 79.9. The molecule has 0 aliphatic heterocycles. The van der Waals surface area contributed by atoms with Crippen molar-refractivity contribution in [3.63, 3.8) is 0 Å². The summed E-state index contributed by atoms with van der Waals surface area (Å²) in [5, 5.41) is 8.54. The van der Waals surface area contributed by atoms with Crippen LogP contribution in [0.15, 0.2) is 10.5 Å². The van der Waals surface area contributed by atoms with Gasteiger partial charge >= 0.3 is 5.97 Å². The molecule has 1 aromatic rings. The van der Waals surface area contributed by atoms with Gasteiger partial charge < -0.3 is 5.11 Å². The van der Waals surface area contributed by atoms with Crippen LogP contribution in [0.4, 0.5) is 8.78 Å². The van der Waals surface area contributed by atoms with Crippen LogP contribution in [0.2, 0.25) is 5.02 Å². The van der Waals surface area contributed by atoms with Crippen LogP contribution >= 0.6 is 27.5 Å². The maximum absolute atomic E-state index is 12.4. The van der Waals surface area contributed by atoms with Crippen LogP contribution in [-0.4, -0.2) is 16.1 Å². The van der Waals surface area contributed by atoms with E-state index >= 15 is 0 Å². The Labute approximate surface area is 97.2 Å². The van der Waals surface area contributed by atoms with Crippen LogP contribution in [0.3, 0.4) is 0 Å². The summed E-state index contributed by atoms with van der Waals surface area (Å²) in [5.41, 5.74) is -0.571. The Bertz CT molecular complexity index is 400. The Morgan fingerprint density at radius 3 is 2.73 bits per heavy atom. The molecule has 0 saturated heterocycles. The van der Waals surface area contributed by atoms with E-state index in [0.717, 1.165) is 0 Å². The lowest BCUT2D eigenvalue weighted by Crippen LogP contribution is -2.05. The number of halogens is 4. The van der Waals surface area contributed by atoms with E-state index in [0.29, 0.717) is 0 Å². The molecule has 1 heterocycles. The number of aromatic nitrogens is 1. The number of carboxylic acid groups (broad SMARTS) is 1. The molecular formula is C8H5BrClF2NO2. The second-order valence-corrected chi connectivity index (χ2v) is 3.92. The van der Waals surface area contributed by atoms with Crippen molar-refractivity contribution >= 4 is 33.5 Å². The number of pyridine rings is 1. The van der Waals surface area contributed by atoms with Gasteiger partial charge in [-0.05, 0) is 22.0 Å². The molecule has 0 aliphatic rings. The van der Waals surface area contributed by atoms with Gasteiger partial charge in [0.25, 0.3) is 6.43 Å². The van der Waals surface area contributed by atoms with Crippen LogP contribution in [0, 0.1) is 0 Å². The first-order valence-electron chi connectivity index (χ1n) is 3.76. The molecule has 3 nitrogen and oxygen atoms in total. The van der Waals surface area contributed by atoms with Gasteiger partial charge in [0.15, 0.2) is 0 Å². The van der Waals surface area contributed by atoms with Crippen molar-refractivity contribution < 1.29 is 18.7 Å². The summed E-state index contributed by atoms with van der Waals surface area (Å²) in [7, 11) is 0. The molecule has 0 aliphatic carbocycles. The first-order chi connectivity index (χ1) is 6.91. The van der Waals surface area contributed by atoms with E-state index in [2.05, 4.69) is 20.9 Å². The highest BCUT2D eigenvalue weighted by molar-refractivity contribution is 9.10. The zero-order valence-corrected chi connectivity index (χ0v) is 9.52. The van der Waals surface area contributed by atoms with Crippen LogP contribution in [0.1, 0.15) is 17.8 Å². The van der Waals surface area contributed by atoms with Crippen LogP contribution < -0.4 is 0 Å². The molecule has 0 bridgehead atoms. The predicted octanol–water partition coefficient (Wildman–Crippen LogP) is 3.06. The molecule has 7 heteroatoms. The molecule has 1 rings (SSSR count). The van der Waals surface area contributed by atoms with Crippen molar-refractivity contribution in [3.05, 3.63) is 26.9 Å². The molecule has 0 fully saturated rings. The largest absolute Gasteiger partial charge is 0.481 e. The third kappa shape index (κ3) is 3.10. The van der Waals surface area contributed by atoms with E-state index in [9.17, 15) is 13.6 Å². The Kier molecular flexibility index (Phi) is 3.98. The molecule has 0 atom stereocenters. The molecule has 82 valence electrons. The Hall–Kier alpha value is -0.750. The fourth-order valence-corrected chi connectivity index (χ4v) is 1.78. The Morgan fingerprint density at radius 2 is 2.27 bits per heavy atom. The number of carboxylic acids is 1. The van der Waals surface area contributed by atoms with Crippen molar-refractivity contribution in [1.82, 2.24) is 4.98 Å². The topological polar surface area (TPSA) is 50.2 Å². The predicted molar refractivity (Wildman–Crippen MR) is 53.2 cm³/mol. The minimum Gasteiger partial charge on any atom is -0.481 e. The third-order valence-electron chi connectivity index (χ3n) is 1.55. The highest BCUT2D eigenvalue weighted by Crippen LogP contribution is 2.29. The second-order valence-electron chi connectivity index (χ2n) is 2.66. The summed E-state index contributed by atoms with van der Waals surface area (Å²) in [6, 6.07) is 1.22. The molecule has 0 radical (unpaired) electrons. The highest BCUT2D eigenvalue weighted by Gasteiger charge is 2.17. The normalized spacial score (nSPS) is 10.7. The van der Waals surface area contributed by atoms with Gasteiger partial charge in [-0.25, -0.2) is 13.8 Å². The van der Waals surface area contributed by atoms with Crippen molar-refractivity contribution in [1.29, 1.82) is 0 Å². The Morgan fingerprint density at radius 1 is 1.67 bits per heavy atom. The van der Waals surface area contributed by atoms with Gasteiger partial charge in [0, 0.05) is 4.47 Å². The van der Waals surface area contributed by atoms with E-state index in [1.807, 2.05) is 0 Å². The molecule has 0 unspecified atom stereocenters. The van der Waals surface area contributed by atoms with E-state index in [1.165, 1.54) is 6.07 Å². The van der Waals surface area contributed by atoms with Gasteiger partial charge in [-0.3, -0.25) is 4.79 Å². The van der Waals surface area contributed by atoms with Crippen molar-refractivity contribution in [2.75, 3.05) is 0 Å². The average molecular weight is 300 g/mol. The lowest BCUT2D eigenvalue weighted by Gasteiger charge is -2.06. The first-order valence-corrected chi connectivity index (χ1v) is 4.93. The smallest absolute Gasteiger partial charge is 0.309 e. The fourth-order valence-electron chi connectivity index (χ4n) is 0.941. The van der Waals surface area contributed by atoms with Gasteiger partial charge in [0.05, 0.1) is 17.1 Å². The zero-order chi connectivity index (χ0) is 11.6. The van der Waals surface area contributed by atoms with Crippen molar-refractivity contribution in [3.8, 4) is 0 Å². The zero-order valence-electron chi connectivity index (χ0n) is 7.18. The molecule has 15 heavy (non-hydrogen) atoms. The van der Waals surface area contributed by atoms with Gasteiger partial charge in [-0.15, -0.1) is 0 Å². The summed E-state index contributed by atoms with van der Waals surface area (Å²) in [4.78, 5) is 13.9. The number of alkyl halides is 2. The van der Waals surface area contributed by atoms with Gasteiger partial charge in [0.1, 0.15) is 5.69 Å². The standard InChI is InChI=1S/C8H5BrClF2NO2/c9-3-1-4(10)5(2-6(14)15)13-7(3)8(11)12/h1,8H,2H2,(H,14,15). The van der Waals surface area contributed by atoms with Crippen molar-refractivity contribution in [2.45, 2.75) is 12.8 Å². The summed E-state index contributed by atoms with van der Waals surface area (Å²) >= 11 is 8.52. The Balaban J connectivity index is 3.17. The van der Waals surface area contributed by atoms with E-state index < -0.39 is 24.5 Å². The number of nitrogens with zero attached hydrogens (tertiary/aromatic N) is 1. The minimum absolute atomic E-state index is 0.0497. The van der Waals surface area contributed by atoms with Gasteiger partial charge in [-0.1, -0.05) is 11.6 Å². The number of carbonyl (C=O) groups is 1. The van der Waals surface area contributed by atoms with Crippen molar-refractivity contribution in [2.24, 2.45) is 0 Å². The molecule has 1 aromatic heterocycles. The lowest BCUT2D eigenvalue weighted by molar-refractivity contribution is -0.136. The number of hydrogen-bond donors (Lipinski definition) is 1. The van der Waals surface area contributed by atoms with Gasteiger partial charge in [-0.2, -0.15) is 0 Å². The summed E-state index contributed by atoms with van der Waals surface area (Å²) in [5.74, 6) is -1.17. The SMILES string of the molecule is O=C(O)Cc1nc(C(F)F)c(Br)cc1Cl. The van der Waals surface area contributed by atoms with E-state index in [-0.39, 0.29) is 15.2 Å².